The molecule has 4 aliphatic rings. The number of unbranched alkanes of at least 4 members (excludes halogenated alkanes) is 4. The molecule has 2 fully saturated rings. The fourth-order valence-electron chi connectivity index (χ4n) is 9.40. The Morgan fingerprint density at radius 2 is 1.12 bits per heavy atom. The third kappa shape index (κ3) is 17.0. The number of carbonyl (C=O) groups is 3. The smallest absolute Gasteiger partial charge is 0.311 e. The summed E-state index contributed by atoms with van der Waals surface area (Å²) in [5, 5.41) is 31.5. The lowest BCUT2D eigenvalue weighted by Crippen LogP contribution is -2.50. The molecule has 2 aromatic heterocycles. The number of nitrogens with one attached hydrogen (secondary N) is 3. The molecule has 0 radical (unpaired) electrons. The predicted molar refractivity (Wildman–Crippen MR) is 272 cm³/mol. The second kappa shape index (κ2) is 27.8. The molecular formula is C56H78N6O7. The number of aryl methyl sites for hydroxylation is 4. The summed E-state index contributed by atoms with van der Waals surface area (Å²) in [7, 11) is 0. The fourth-order valence-corrected chi connectivity index (χ4v) is 9.40. The van der Waals surface area contributed by atoms with Crippen molar-refractivity contribution in [3.05, 3.63) is 119 Å². The van der Waals surface area contributed by atoms with E-state index in [0.29, 0.717) is 32.1 Å². The van der Waals surface area contributed by atoms with E-state index in [2.05, 4.69) is 50.1 Å². The van der Waals surface area contributed by atoms with Crippen LogP contribution in [0.3, 0.4) is 0 Å². The third-order valence-corrected chi connectivity index (χ3v) is 14.3. The molecule has 2 saturated heterocycles. The Balaban J connectivity index is 0.000000188. The molecule has 8 rings (SSSR count). The molecule has 374 valence electrons. The number of benzene rings is 2. The van der Waals surface area contributed by atoms with Gasteiger partial charge in [-0.2, -0.15) is 0 Å². The van der Waals surface area contributed by atoms with Crippen LogP contribution in [0.25, 0.3) is 0 Å². The average molecular weight is 947 g/mol. The van der Waals surface area contributed by atoms with Crippen molar-refractivity contribution in [3.63, 3.8) is 0 Å². The minimum atomic E-state index is -0.976. The Labute approximate surface area is 410 Å². The van der Waals surface area contributed by atoms with Gasteiger partial charge in [0.1, 0.15) is 31.1 Å². The van der Waals surface area contributed by atoms with Crippen LogP contribution in [0.4, 0.5) is 11.6 Å². The van der Waals surface area contributed by atoms with Crippen LogP contribution < -0.4 is 16.0 Å². The Morgan fingerprint density at radius 1 is 0.638 bits per heavy atom. The first kappa shape index (κ1) is 53.1. The number of rotatable bonds is 19. The summed E-state index contributed by atoms with van der Waals surface area (Å²) in [6.45, 7) is 10.3. The van der Waals surface area contributed by atoms with Crippen LogP contribution in [0.2, 0.25) is 0 Å². The minimum absolute atomic E-state index is 0.254. The number of esters is 2. The van der Waals surface area contributed by atoms with Crippen molar-refractivity contribution in [1.82, 2.24) is 20.2 Å². The van der Waals surface area contributed by atoms with Crippen molar-refractivity contribution >= 4 is 29.9 Å². The van der Waals surface area contributed by atoms with Gasteiger partial charge in [-0.25, -0.2) is 9.97 Å². The van der Waals surface area contributed by atoms with Crippen LogP contribution in [-0.2, 0) is 62.8 Å². The van der Waals surface area contributed by atoms with Gasteiger partial charge in [0.25, 0.3) is 0 Å². The molecule has 6 heterocycles. The van der Waals surface area contributed by atoms with Gasteiger partial charge in [0.2, 0.25) is 0 Å². The number of aromatic nitrogens is 2. The Bertz CT molecular complexity index is 2160. The molecule has 0 spiro atoms. The fraction of sp³-hybridized carbons (Fsp3) is 0.554. The highest BCUT2D eigenvalue weighted by atomic mass is 16.5. The van der Waals surface area contributed by atoms with Crippen molar-refractivity contribution in [1.29, 1.82) is 0 Å². The lowest BCUT2D eigenvalue weighted by atomic mass is 9.80. The van der Waals surface area contributed by atoms with Crippen molar-refractivity contribution < 1.29 is 34.1 Å². The van der Waals surface area contributed by atoms with Crippen LogP contribution in [0, 0.1) is 11.8 Å². The monoisotopic (exact) mass is 947 g/mol. The van der Waals surface area contributed by atoms with Crippen molar-refractivity contribution in [2.24, 2.45) is 11.8 Å². The number of piperidine rings is 2. The zero-order valence-electron chi connectivity index (χ0n) is 41.3. The maximum atomic E-state index is 12.5. The average Bonchev–Trinajstić information content (AvgIpc) is 3.39. The first-order valence-corrected chi connectivity index (χ1v) is 25.7. The van der Waals surface area contributed by atoms with Gasteiger partial charge < -0.3 is 45.3 Å². The Kier molecular flexibility index (Phi) is 21.4. The molecule has 0 amide bonds. The van der Waals surface area contributed by atoms with E-state index < -0.39 is 23.0 Å². The number of anilines is 2. The molecule has 0 saturated carbocycles. The molecule has 0 aliphatic carbocycles. The van der Waals surface area contributed by atoms with E-state index >= 15 is 0 Å². The first-order valence-electron chi connectivity index (χ1n) is 25.7. The number of likely N-dealkylation sites (tertiary alicyclic amines) is 1. The van der Waals surface area contributed by atoms with Gasteiger partial charge >= 0.3 is 11.9 Å². The number of aldehydes is 1. The summed E-state index contributed by atoms with van der Waals surface area (Å²) in [5.41, 5.74) is 5.02. The molecule has 0 bridgehead atoms. The van der Waals surface area contributed by atoms with Gasteiger partial charge in [0, 0.05) is 44.0 Å². The van der Waals surface area contributed by atoms with Crippen LogP contribution in [0.5, 0.6) is 0 Å². The molecule has 5 N–H and O–H groups in total. The number of carbonyl (C=O) groups excluding carboxylic acids is 3. The number of hydrogen-bond donors (Lipinski definition) is 5. The number of ether oxygens (including phenoxy) is 2. The van der Waals surface area contributed by atoms with E-state index in [0.717, 1.165) is 132 Å². The molecule has 2 unspecified atom stereocenters. The van der Waals surface area contributed by atoms with Gasteiger partial charge in [-0.1, -0.05) is 79.2 Å². The van der Waals surface area contributed by atoms with Crippen LogP contribution in [0.15, 0.2) is 84.9 Å². The van der Waals surface area contributed by atoms with Crippen LogP contribution in [0.1, 0.15) is 125 Å². The third-order valence-electron chi connectivity index (χ3n) is 14.3. The maximum Gasteiger partial charge on any atom is 0.311 e. The normalized spacial score (nSPS) is 17.8. The lowest BCUT2D eigenvalue weighted by molar-refractivity contribution is -0.163. The molecule has 69 heavy (non-hydrogen) atoms. The van der Waals surface area contributed by atoms with Gasteiger partial charge in [-0.15, -0.1) is 0 Å². The predicted octanol–water partition coefficient (Wildman–Crippen LogP) is 8.19. The number of pyridine rings is 2. The van der Waals surface area contributed by atoms with Crippen molar-refractivity contribution in [3.8, 4) is 0 Å². The lowest BCUT2D eigenvalue weighted by Gasteiger charge is -2.40. The van der Waals surface area contributed by atoms with E-state index in [-0.39, 0.29) is 25.2 Å². The van der Waals surface area contributed by atoms with Crippen LogP contribution >= 0.6 is 0 Å². The molecule has 4 aliphatic heterocycles. The molecule has 2 atom stereocenters. The van der Waals surface area contributed by atoms with E-state index in [1.807, 2.05) is 60.7 Å². The van der Waals surface area contributed by atoms with Gasteiger partial charge in [0.15, 0.2) is 0 Å². The second-order valence-electron chi connectivity index (χ2n) is 19.3. The zero-order valence-corrected chi connectivity index (χ0v) is 41.3. The highest BCUT2D eigenvalue weighted by Crippen LogP contribution is 2.32. The summed E-state index contributed by atoms with van der Waals surface area (Å²) in [6.07, 6.45) is 16.2. The van der Waals surface area contributed by atoms with E-state index in [1.54, 1.807) is 13.8 Å². The summed E-state index contributed by atoms with van der Waals surface area (Å²) < 4.78 is 10.8. The number of aliphatic hydroxyl groups is 2. The first-order chi connectivity index (χ1) is 33.5. The molecule has 13 nitrogen and oxygen atoms in total. The quantitative estimate of drug-likeness (QED) is 0.0346. The topological polar surface area (TPSA) is 175 Å². The van der Waals surface area contributed by atoms with E-state index in [4.69, 9.17) is 14.5 Å². The highest BCUT2D eigenvalue weighted by Gasteiger charge is 2.42. The number of hydrogen-bond acceptors (Lipinski definition) is 13. The second-order valence-corrected chi connectivity index (χ2v) is 19.3. The van der Waals surface area contributed by atoms with Crippen molar-refractivity contribution in [2.75, 3.05) is 56.4 Å². The summed E-state index contributed by atoms with van der Waals surface area (Å²) in [4.78, 5) is 46.6. The number of fused-ring (bicyclic) bond motifs is 2. The summed E-state index contributed by atoms with van der Waals surface area (Å²) in [6, 6.07) is 28.0. The largest absolute Gasteiger partial charge is 0.461 e. The SMILES string of the molecule is CC(C(=O)OCc1ccccc1)C1(O)CCN(CCCCCc2ccc3c(n2)NCCC3)CC1.CC(C(=O)OCc1ccccc1)C1(O)CCNCC1.O=CCCCCc1ccc2c(n1)NCCC2. The molecule has 13 heteroatoms. The maximum absolute atomic E-state index is 12.5. The van der Waals surface area contributed by atoms with Gasteiger partial charge in [-0.05, 0) is 158 Å². The summed E-state index contributed by atoms with van der Waals surface area (Å²) >= 11 is 0. The van der Waals surface area contributed by atoms with E-state index in [1.165, 1.54) is 36.1 Å². The van der Waals surface area contributed by atoms with Gasteiger partial charge in [0.05, 0.1) is 23.0 Å². The van der Waals surface area contributed by atoms with E-state index in [9.17, 15) is 24.6 Å². The standard InChI is InChI=1S/C28H39N3O3.C15H21NO3.C13H18N2O/c1-22(27(32)34-21-23-9-4-2-5-10-23)28(33)15-19-31(20-16-28)18-7-3-6-12-25-14-13-24-11-8-17-29-26(24)30-25;1-12(15(18)7-9-16-10-8-15)14(17)19-11-13-5-3-2-4-6-13;16-10-3-1-2-6-12-8-7-11-5-4-9-14-13(11)15-12/h2,4-5,9-10,13-14,22,33H,3,6-8,11-12,15-21H2,1H3,(H,29,30);2-6,12,16,18H,7-11H2,1H3;7-8,10H,1-6,9H2,(H,14,15). The number of nitrogens with zero attached hydrogens (tertiary/aromatic N) is 3. The summed E-state index contributed by atoms with van der Waals surface area (Å²) in [5.74, 6) is 0.510. The Hall–Kier alpha value is -5.21. The minimum Gasteiger partial charge on any atom is -0.461 e. The van der Waals surface area contributed by atoms with Crippen molar-refractivity contribution in [2.45, 2.75) is 141 Å². The molecular weight excluding hydrogens is 869 g/mol. The zero-order chi connectivity index (χ0) is 48.7. The molecule has 4 aromatic rings. The Morgan fingerprint density at radius 3 is 1.61 bits per heavy atom. The van der Waals surface area contributed by atoms with Crippen LogP contribution in [-0.4, -0.2) is 100 Å². The van der Waals surface area contributed by atoms with Gasteiger partial charge in [-0.3, -0.25) is 9.59 Å². The highest BCUT2D eigenvalue weighted by molar-refractivity contribution is 5.74. The molecule has 2 aromatic carbocycles.